The van der Waals surface area contributed by atoms with Gasteiger partial charge >= 0.3 is 0 Å². The quantitative estimate of drug-likeness (QED) is 0.736. The molecule has 2 heteroatoms. The highest BCUT2D eigenvalue weighted by Crippen LogP contribution is 2.68. The molecule has 0 aliphatic heterocycles. The van der Waals surface area contributed by atoms with Crippen LogP contribution in [0.4, 0.5) is 0 Å². The highest BCUT2D eigenvalue weighted by molar-refractivity contribution is 5.11. The summed E-state index contributed by atoms with van der Waals surface area (Å²) in [5.41, 5.74) is 0.515. The van der Waals surface area contributed by atoms with E-state index in [0.29, 0.717) is 16.7 Å². The Labute approximate surface area is 155 Å². The van der Waals surface area contributed by atoms with E-state index in [4.69, 9.17) is 4.74 Å². The fraction of sp³-hybridized carbons (Fsp3) is 1.00. The van der Waals surface area contributed by atoms with Crippen LogP contribution in [0.5, 0.6) is 0 Å². The van der Waals surface area contributed by atoms with E-state index in [0.717, 1.165) is 43.1 Å². The Morgan fingerprint density at radius 1 is 0.960 bits per heavy atom. The lowest BCUT2D eigenvalue weighted by Gasteiger charge is -2.62. The van der Waals surface area contributed by atoms with Crippen molar-refractivity contribution in [2.24, 2.45) is 40.4 Å². The third-order valence-electron chi connectivity index (χ3n) is 9.75. The van der Waals surface area contributed by atoms with Gasteiger partial charge in [0.05, 0.1) is 12.2 Å². The van der Waals surface area contributed by atoms with E-state index in [2.05, 4.69) is 20.8 Å². The molecule has 0 unspecified atom stereocenters. The van der Waals surface area contributed by atoms with Crippen molar-refractivity contribution in [1.82, 2.24) is 0 Å². The van der Waals surface area contributed by atoms with Gasteiger partial charge in [0.15, 0.2) is 0 Å². The van der Waals surface area contributed by atoms with Gasteiger partial charge in [0.2, 0.25) is 0 Å². The first-order chi connectivity index (χ1) is 11.9. The Hall–Kier alpha value is -0.0800. The maximum Gasteiger partial charge on any atom is 0.0622 e. The maximum atomic E-state index is 10.7. The smallest absolute Gasteiger partial charge is 0.0622 e. The standard InChI is InChI=1S/C23H40O2/c1-5-16-7-9-19-18-8-6-17-14-21(2,24)12-13-23(17,15-25-4)20(18)10-11-22(16,19)3/h16-20,24H,5-15H2,1-4H3/t16-,17+,18-,19-,20-,21+,22+,23+/m0/s1. The molecule has 8 atom stereocenters. The van der Waals surface area contributed by atoms with E-state index in [1.54, 1.807) is 0 Å². The predicted molar refractivity (Wildman–Crippen MR) is 102 cm³/mol. The van der Waals surface area contributed by atoms with Gasteiger partial charge in [0.25, 0.3) is 0 Å². The van der Waals surface area contributed by atoms with Gasteiger partial charge in [-0.1, -0.05) is 20.3 Å². The molecular formula is C23H40O2. The van der Waals surface area contributed by atoms with Crippen LogP contribution in [0.2, 0.25) is 0 Å². The first-order valence-electron chi connectivity index (χ1n) is 11.1. The minimum Gasteiger partial charge on any atom is -0.390 e. The molecular weight excluding hydrogens is 308 g/mol. The molecule has 0 radical (unpaired) electrons. The second kappa shape index (κ2) is 6.23. The number of hydrogen-bond donors (Lipinski definition) is 1. The second-order valence-corrected chi connectivity index (χ2v) is 10.7. The highest BCUT2D eigenvalue weighted by atomic mass is 16.5. The van der Waals surface area contributed by atoms with Gasteiger partial charge in [-0.15, -0.1) is 0 Å². The lowest BCUT2D eigenvalue weighted by atomic mass is 9.43. The van der Waals surface area contributed by atoms with Gasteiger partial charge in [0, 0.05) is 7.11 Å². The zero-order valence-electron chi connectivity index (χ0n) is 17.0. The number of aliphatic hydroxyl groups is 1. The summed E-state index contributed by atoms with van der Waals surface area (Å²) in [5, 5.41) is 10.7. The molecule has 4 aliphatic rings. The molecule has 0 saturated heterocycles. The van der Waals surface area contributed by atoms with Crippen LogP contribution in [-0.2, 0) is 4.74 Å². The first-order valence-corrected chi connectivity index (χ1v) is 11.1. The molecule has 144 valence electrons. The number of methoxy groups -OCH3 is 1. The minimum absolute atomic E-state index is 0.353. The van der Waals surface area contributed by atoms with Crippen molar-refractivity contribution >= 4 is 0 Å². The molecule has 1 N–H and O–H groups in total. The van der Waals surface area contributed by atoms with Crippen LogP contribution >= 0.6 is 0 Å². The minimum atomic E-state index is -0.446. The number of hydrogen-bond acceptors (Lipinski definition) is 2. The average molecular weight is 349 g/mol. The van der Waals surface area contributed by atoms with Crippen molar-refractivity contribution in [3.63, 3.8) is 0 Å². The molecule has 25 heavy (non-hydrogen) atoms. The summed E-state index contributed by atoms with van der Waals surface area (Å²) in [7, 11) is 1.90. The van der Waals surface area contributed by atoms with Crippen LogP contribution in [-0.4, -0.2) is 24.4 Å². The largest absolute Gasteiger partial charge is 0.390 e. The first kappa shape index (κ1) is 18.3. The van der Waals surface area contributed by atoms with Crippen molar-refractivity contribution in [2.75, 3.05) is 13.7 Å². The molecule has 0 aromatic heterocycles. The van der Waals surface area contributed by atoms with E-state index < -0.39 is 5.60 Å². The molecule has 0 aromatic carbocycles. The van der Waals surface area contributed by atoms with Crippen LogP contribution in [0.25, 0.3) is 0 Å². The van der Waals surface area contributed by atoms with E-state index in [1.165, 1.54) is 51.4 Å². The third kappa shape index (κ3) is 2.64. The van der Waals surface area contributed by atoms with E-state index >= 15 is 0 Å². The lowest BCUT2D eigenvalue weighted by molar-refractivity contribution is -0.174. The maximum absolute atomic E-state index is 10.7. The summed E-state index contributed by atoms with van der Waals surface area (Å²) in [6.07, 6.45) is 13.0. The Balaban J connectivity index is 1.64. The molecule has 0 spiro atoms. The van der Waals surface area contributed by atoms with E-state index in [9.17, 15) is 5.11 Å². The van der Waals surface area contributed by atoms with Crippen molar-refractivity contribution in [1.29, 1.82) is 0 Å². The van der Waals surface area contributed by atoms with Gasteiger partial charge in [-0.2, -0.15) is 0 Å². The number of ether oxygens (including phenoxy) is 1. The zero-order valence-corrected chi connectivity index (χ0v) is 17.0. The van der Waals surface area contributed by atoms with Crippen molar-refractivity contribution < 1.29 is 9.84 Å². The average Bonchev–Trinajstić information content (AvgIpc) is 2.91. The summed E-state index contributed by atoms with van der Waals surface area (Å²) in [4.78, 5) is 0. The molecule has 0 aromatic rings. The summed E-state index contributed by atoms with van der Waals surface area (Å²) in [6, 6.07) is 0. The highest BCUT2D eigenvalue weighted by Gasteiger charge is 2.62. The Morgan fingerprint density at radius 2 is 1.76 bits per heavy atom. The van der Waals surface area contributed by atoms with Crippen LogP contribution in [0.1, 0.15) is 85.0 Å². The molecule has 4 aliphatic carbocycles. The van der Waals surface area contributed by atoms with Crippen molar-refractivity contribution in [3.05, 3.63) is 0 Å². The fourth-order valence-electron chi connectivity index (χ4n) is 8.56. The summed E-state index contributed by atoms with van der Waals surface area (Å²) < 4.78 is 5.86. The summed E-state index contributed by atoms with van der Waals surface area (Å²) >= 11 is 0. The van der Waals surface area contributed by atoms with E-state index in [1.807, 2.05) is 7.11 Å². The molecule has 0 amide bonds. The van der Waals surface area contributed by atoms with Gasteiger partial charge in [-0.3, -0.25) is 0 Å². The van der Waals surface area contributed by atoms with Crippen molar-refractivity contribution in [3.8, 4) is 0 Å². The molecule has 2 nitrogen and oxygen atoms in total. The molecule has 4 fully saturated rings. The number of fused-ring (bicyclic) bond motifs is 5. The van der Waals surface area contributed by atoms with Crippen LogP contribution in [0, 0.1) is 40.4 Å². The predicted octanol–water partition coefficient (Wildman–Crippen LogP) is 5.43. The Kier molecular flexibility index (Phi) is 4.56. The monoisotopic (exact) mass is 348 g/mol. The van der Waals surface area contributed by atoms with E-state index in [-0.39, 0.29) is 0 Å². The topological polar surface area (TPSA) is 29.5 Å². The lowest BCUT2D eigenvalue weighted by Crippen LogP contribution is -2.58. The summed E-state index contributed by atoms with van der Waals surface area (Å²) in [6.45, 7) is 8.04. The zero-order chi connectivity index (χ0) is 17.9. The Bertz CT molecular complexity index is 500. The van der Waals surface area contributed by atoms with Gasteiger partial charge in [-0.05, 0) is 105 Å². The third-order valence-corrected chi connectivity index (χ3v) is 9.75. The fourth-order valence-corrected chi connectivity index (χ4v) is 8.56. The van der Waals surface area contributed by atoms with Crippen LogP contribution < -0.4 is 0 Å². The molecule has 0 heterocycles. The van der Waals surface area contributed by atoms with Crippen molar-refractivity contribution in [2.45, 2.75) is 90.6 Å². The molecule has 0 bridgehead atoms. The summed E-state index contributed by atoms with van der Waals surface area (Å²) in [5.74, 6) is 4.35. The normalized spacial score (nSPS) is 55.3. The van der Waals surface area contributed by atoms with Crippen LogP contribution in [0.15, 0.2) is 0 Å². The number of rotatable bonds is 3. The second-order valence-electron chi connectivity index (χ2n) is 10.7. The SMILES string of the molecule is CC[C@H]1CC[C@H]2[C@@H]3CC[C@@H]4C[C@](C)(O)CC[C@]4(COC)[C@H]3CC[C@]12C. The van der Waals surface area contributed by atoms with Gasteiger partial charge in [-0.25, -0.2) is 0 Å². The van der Waals surface area contributed by atoms with Crippen LogP contribution in [0.3, 0.4) is 0 Å². The molecule has 4 rings (SSSR count). The molecule has 4 saturated carbocycles. The van der Waals surface area contributed by atoms with Gasteiger partial charge in [0.1, 0.15) is 0 Å². The Morgan fingerprint density at radius 3 is 2.48 bits per heavy atom. The van der Waals surface area contributed by atoms with Gasteiger partial charge < -0.3 is 9.84 Å².